The van der Waals surface area contributed by atoms with Crippen molar-refractivity contribution in [3.63, 3.8) is 0 Å². The molecule has 0 aliphatic heterocycles. The van der Waals surface area contributed by atoms with Gasteiger partial charge >= 0.3 is 0 Å². The topological polar surface area (TPSA) is 109 Å². The molecule has 6 heteroatoms. The number of benzene rings is 4. The number of fused-ring (bicyclic) bond motifs is 8. The van der Waals surface area contributed by atoms with E-state index >= 15 is 0 Å². The summed E-state index contributed by atoms with van der Waals surface area (Å²) in [4.78, 5) is 2.89. The first-order valence-electron chi connectivity index (χ1n) is 9.08. The van der Waals surface area contributed by atoms with E-state index in [4.69, 9.17) is 5.53 Å². The van der Waals surface area contributed by atoms with Gasteiger partial charge in [0, 0.05) is 4.91 Å². The Morgan fingerprint density at radius 3 is 1.86 bits per heavy atom. The SMILES string of the molecule is [N-]=[N+]=N[C@@H]1c2c(ccc3c4ccccc4c4ccccc4c23)[C@@H](O)[C@H](O)[C@H]1O. The zero-order chi connectivity index (χ0) is 19.4. The lowest BCUT2D eigenvalue weighted by Crippen LogP contribution is -2.41. The molecular formula is C22H17N3O3. The fraction of sp³-hybridized carbons (Fsp3) is 0.182. The third-order valence-corrected chi connectivity index (χ3v) is 5.77. The van der Waals surface area contributed by atoms with E-state index in [1.807, 2.05) is 48.5 Å². The van der Waals surface area contributed by atoms with E-state index in [-0.39, 0.29) is 0 Å². The second-order valence-corrected chi connectivity index (χ2v) is 7.16. The van der Waals surface area contributed by atoms with Crippen molar-refractivity contribution >= 4 is 32.3 Å². The number of azide groups is 1. The molecule has 3 N–H and O–H groups in total. The minimum atomic E-state index is -1.42. The highest BCUT2D eigenvalue weighted by Gasteiger charge is 2.41. The van der Waals surface area contributed by atoms with Crippen LogP contribution in [0.15, 0.2) is 65.8 Å². The Kier molecular flexibility index (Phi) is 3.75. The molecule has 4 aromatic rings. The summed E-state index contributed by atoms with van der Waals surface area (Å²) in [5, 5.41) is 41.1. The normalized spacial score (nSPS) is 24.2. The van der Waals surface area contributed by atoms with Gasteiger partial charge in [-0.3, -0.25) is 0 Å². The van der Waals surface area contributed by atoms with E-state index in [2.05, 4.69) is 16.1 Å². The first-order chi connectivity index (χ1) is 13.6. The number of aliphatic hydroxyl groups is 3. The molecule has 0 heterocycles. The Labute approximate surface area is 159 Å². The monoisotopic (exact) mass is 371 g/mol. The molecule has 1 aliphatic carbocycles. The van der Waals surface area contributed by atoms with Gasteiger partial charge in [0.05, 0.1) is 12.1 Å². The lowest BCUT2D eigenvalue weighted by molar-refractivity contribution is -0.0792. The summed E-state index contributed by atoms with van der Waals surface area (Å²) < 4.78 is 0. The van der Waals surface area contributed by atoms with Crippen LogP contribution >= 0.6 is 0 Å². The van der Waals surface area contributed by atoms with Crippen LogP contribution in [0.5, 0.6) is 0 Å². The maximum Gasteiger partial charge on any atom is 0.111 e. The van der Waals surface area contributed by atoms with E-state index in [9.17, 15) is 15.3 Å². The van der Waals surface area contributed by atoms with Gasteiger partial charge in [-0.05, 0) is 49.0 Å². The molecular weight excluding hydrogens is 354 g/mol. The van der Waals surface area contributed by atoms with Crippen LogP contribution in [-0.4, -0.2) is 27.5 Å². The minimum Gasteiger partial charge on any atom is -0.390 e. The summed E-state index contributed by atoms with van der Waals surface area (Å²) in [6.45, 7) is 0. The molecule has 0 bridgehead atoms. The maximum atomic E-state index is 10.6. The second kappa shape index (κ2) is 6.19. The highest BCUT2D eigenvalue weighted by molar-refractivity contribution is 6.26. The Morgan fingerprint density at radius 2 is 1.25 bits per heavy atom. The fourth-order valence-electron chi connectivity index (χ4n) is 4.53. The first-order valence-corrected chi connectivity index (χ1v) is 9.08. The van der Waals surface area contributed by atoms with Crippen molar-refractivity contribution < 1.29 is 15.3 Å². The number of aliphatic hydroxyl groups excluding tert-OH is 3. The predicted octanol–water partition coefficient (Wildman–Crippen LogP) is 4.27. The third-order valence-electron chi connectivity index (χ3n) is 5.77. The molecule has 0 fully saturated rings. The van der Waals surface area contributed by atoms with E-state index in [0.717, 1.165) is 32.3 Å². The molecule has 6 nitrogen and oxygen atoms in total. The molecule has 0 spiro atoms. The zero-order valence-electron chi connectivity index (χ0n) is 14.8. The third kappa shape index (κ3) is 2.17. The largest absolute Gasteiger partial charge is 0.390 e. The second-order valence-electron chi connectivity index (χ2n) is 7.16. The Hall–Kier alpha value is -3.15. The Bertz CT molecular complexity index is 1260. The van der Waals surface area contributed by atoms with Gasteiger partial charge in [-0.1, -0.05) is 65.8 Å². The van der Waals surface area contributed by atoms with Crippen molar-refractivity contribution in [2.24, 2.45) is 5.11 Å². The number of nitrogens with zero attached hydrogens (tertiary/aromatic N) is 3. The molecule has 0 unspecified atom stereocenters. The Morgan fingerprint density at radius 1 is 0.714 bits per heavy atom. The molecule has 0 radical (unpaired) electrons. The van der Waals surface area contributed by atoms with Gasteiger partial charge in [0.15, 0.2) is 0 Å². The summed E-state index contributed by atoms with van der Waals surface area (Å²) in [6, 6.07) is 18.6. The van der Waals surface area contributed by atoms with Crippen molar-refractivity contribution in [2.45, 2.75) is 24.4 Å². The number of hydrogen-bond acceptors (Lipinski definition) is 4. The van der Waals surface area contributed by atoms with E-state index in [1.165, 1.54) is 0 Å². The van der Waals surface area contributed by atoms with Gasteiger partial charge in [0.2, 0.25) is 0 Å². The standard InChI is InChI=1S/C22H17N3O3/c23-25-24-19-18-16(20(26)22(28)21(19)27)10-9-15-13-7-2-1-5-11(13)12-6-3-4-8-14(12)17(15)18/h1-10,19-22,26-28H/t19-,20-,21+,22+/m1/s1. The van der Waals surface area contributed by atoms with Crippen molar-refractivity contribution in [3.8, 4) is 0 Å². The highest BCUT2D eigenvalue weighted by Crippen LogP contribution is 2.46. The van der Waals surface area contributed by atoms with Gasteiger partial charge in [-0.15, -0.1) is 0 Å². The van der Waals surface area contributed by atoms with Crippen molar-refractivity contribution in [3.05, 3.63) is 82.2 Å². The molecule has 28 heavy (non-hydrogen) atoms. The zero-order valence-corrected chi connectivity index (χ0v) is 14.8. The van der Waals surface area contributed by atoms with Crippen molar-refractivity contribution in [1.29, 1.82) is 0 Å². The van der Waals surface area contributed by atoms with Crippen LogP contribution < -0.4 is 0 Å². The minimum absolute atomic E-state index is 0.475. The van der Waals surface area contributed by atoms with Crippen LogP contribution in [0.2, 0.25) is 0 Å². The van der Waals surface area contributed by atoms with Gasteiger partial charge in [-0.2, -0.15) is 0 Å². The van der Waals surface area contributed by atoms with Crippen molar-refractivity contribution in [2.75, 3.05) is 0 Å². The highest BCUT2D eigenvalue weighted by atomic mass is 16.4. The van der Waals surface area contributed by atoms with Gasteiger partial charge in [0.1, 0.15) is 12.2 Å². The lowest BCUT2D eigenvalue weighted by atomic mass is 9.78. The van der Waals surface area contributed by atoms with E-state index in [1.54, 1.807) is 6.07 Å². The predicted molar refractivity (Wildman–Crippen MR) is 108 cm³/mol. The molecule has 4 atom stereocenters. The molecule has 138 valence electrons. The summed E-state index contributed by atoms with van der Waals surface area (Å²) >= 11 is 0. The van der Waals surface area contributed by atoms with Gasteiger partial charge in [0.25, 0.3) is 0 Å². The molecule has 5 rings (SSSR count). The lowest BCUT2D eigenvalue weighted by Gasteiger charge is -2.36. The molecule has 0 amide bonds. The molecule has 0 saturated carbocycles. The average Bonchev–Trinajstić information content (AvgIpc) is 2.74. The van der Waals surface area contributed by atoms with Gasteiger partial charge < -0.3 is 15.3 Å². The van der Waals surface area contributed by atoms with E-state index < -0.39 is 24.4 Å². The summed E-state index contributed by atoms with van der Waals surface area (Å²) in [5.74, 6) is 0. The average molecular weight is 371 g/mol. The van der Waals surface area contributed by atoms with Crippen LogP contribution in [0.4, 0.5) is 0 Å². The summed E-state index contributed by atoms with van der Waals surface area (Å²) in [7, 11) is 0. The van der Waals surface area contributed by atoms with Crippen LogP contribution in [0.3, 0.4) is 0 Å². The molecule has 1 aliphatic rings. The van der Waals surface area contributed by atoms with Crippen LogP contribution in [0, 0.1) is 0 Å². The van der Waals surface area contributed by atoms with Crippen molar-refractivity contribution in [1.82, 2.24) is 0 Å². The molecule has 4 aromatic carbocycles. The van der Waals surface area contributed by atoms with Crippen LogP contribution in [0.1, 0.15) is 23.3 Å². The molecule has 0 aromatic heterocycles. The first kappa shape index (κ1) is 17.0. The fourth-order valence-corrected chi connectivity index (χ4v) is 4.53. The van der Waals surface area contributed by atoms with Crippen LogP contribution in [0.25, 0.3) is 42.8 Å². The quantitative estimate of drug-likeness (QED) is 0.201. The Balaban J connectivity index is 2.06. The van der Waals surface area contributed by atoms with E-state index in [0.29, 0.717) is 11.1 Å². The maximum absolute atomic E-state index is 10.6. The summed E-state index contributed by atoms with van der Waals surface area (Å²) in [6.07, 6.45) is -4.08. The number of rotatable bonds is 1. The smallest absolute Gasteiger partial charge is 0.111 e. The van der Waals surface area contributed by atoms with Gasteiger partial charge in [-0.25, -0.2) is 0 Å². The van der Waals surface area contributed by atoms with Crippen LogP contribution in [-0.2, 0) is 0 Å². The summed E-state index contributed by atoms with van der Waals surface area (Å²) in [5.41, 5.74) is 10.1. The number of hydrogen-bond donors (Lipinski definition) is 3. The molecule has 0 saturated heterocycles.